The highest BCUT2D eigenvalue weighted by molar-refractivity contribution is 5.14. The largest absolute Gasteiger partial charge is 0.315 e. The number of hydrogen-bond donors (Lipinski definition) is 1. The average Bonchev–Trinajstić information content (AvgIpc) is 2.74. The van der Waals surface area contributed by atoms with E-state index in [2.05, 4.69) is 54.5 Å². The summed E-state index contributed by atoms with van der Waals surface area (Å²) in [7, 11) is 2.25. The minimum Gasteiger partial charge on any atom is -0.315 e. The lowest BCUT2D eigenvalue weighted by molar-refractivity contribution is 0.222. The monoisotopic (exact) mass is 218 g/mol. The molecule has 1 aliphatic heterocycles. The van der Waals surface area contributed by atoms with Gasteiger partial charge in [-0.1, -0.05) is 37.3 Å². The van der Waals surface area contributed by atoms with Crippen LogP contribution in [0.25, 0.3) is 0 Å². The van der Waals surface area contributed by atoms with Gasteiger partial charge in [-0.25, -0.2) is 0 Å². The molecule has 0 saturated carbocycles. The van der Waals surface area contributed by atoms with Crippen LogP contribution in [-0.2, 0) is 6.42 Å². The highest BCUT2D eigenvalue weighted by Crippen LogP contribution is 2.14. The molecule has 88 valence electrons. The number of likely N-dealkylation sites (N-methyl/N-ethyl adjacent to an activating group) is 1. The predicted molar refractivity (Wildman–Crippen MR) is 68.6 cm³/mol. The summed E-state index contributed by atoms with van der Waals surface area (Å²) in [5.74, 6) is 0.778. The van der Waals surface area contributed by atoms with Crippen LogP contribution >= 0.6 is 0 Å². The molecule has 1 saturated heterocycles. The SMILES string of the molecule is CC1CNCC1N(C)CCc1ccccc1. The molecule has 0 spiro atoms. The fourth-order valence-corrected chi connectivity index (χ4v) is 2.50. The minimum atomic E-state index is 0.712. The first kappa shape index (κ1) is 11.6. The van der Waals surface area contributed by atoms with Gasteiger partial charge in [-0.3, -0.25) is 0 Å². The normalized spacial score (nSPS) is 25.2. The second-order valence-corrected chi connectivity index (χ2v) is 4.92. The Labute approximate surface area is 98.7 Å². The van der Waals surface area contributed by atoms with Gasteiger partial charge in [0.15, 0.2) is 0 Å². The van der Waals surface area contributed by atoms with Crippen molar-refractivity contribution in [1.29, 1.82) is 0 Å². The fourth-order valence-electron chi connectivity index (χ4n) is 2.50. The molecule has 1 aromatic carbocycles. The fraction of sp³-hybridized carbons (Fsp3) is 0.571. The van der Waals surface area contributed by atoms with Gasteiger partial charge in [0.2, 0.25) is 0 Å². The van der Waals surface area contributed by atoms with Gasteiger partial charge in [0.05, 0.1) is 0 Å². The molecule has 2 heteroatoms. The van der Waals surface area contributed by atoms with Gasteiger partial charge in [-0.05, 0) is 31.5 Å². The van der Waals surface area contributed by atoms with E-state index in [-0.39, 0.29) is 0 Å². The number of hydrogen-bond acceptors (Lipinski definition) is 2. The van der Waals surface area contributed by atoms with Crippen LogP contribution in [-0.4, -0.2) is 37.6 Å². The predicted octanol–water partition coefficient (Wildman–Crippen LogP) is 1.77. The Morgan fingerprint density at radius 3 is 2.62 bits per heavy atom. The lowest BCUT2D eigenvalue weighted by Crippen LogP contribution is -2.38. The second-order valence-electron chi connectivity index (χ2n) is 4.92. The molecule has 0 amide bonds. The Morgan fingerprint density at radius 1 is 1.25 bits per heavy atom. The van der Waals surface area contributed by atoms with Crippen molar-refractivity contribution in [1.82, 2.24) is 10.2 Å². The smallest absolute Gasteiger partial charge is 0.0255 e. The van der Waals surface area contributed by atoms with Crippen molar-refractivity contribution in [2.75, 3.05) is 26.7 Å². The molecule has 1 N–H and O–H groups in total. The summed E-state index contributed by atoms with van der Waals surface area (Å²) >= 11 is 0. The third-order valence-corrected chi connectivity index (χ3v) is 3.64. The molecule has 2 rings (SSSR count). The quantitative estimate of drug-likeness (QED) is 0.828. The van der Waals surface area contributed by atoms with Crippen molar-refractivity contribution in [2.24, 2.45) is 5.92 Å². The van der Waals surface area contributed by atoms with E-state index < -0.39 is 0 Å². The maximum Gasteiger partial charge on any atom is 0.0255 e. The Balaban J connectivity index is 1.81. The number of nitrogens with one attached hydrogen (secondary N) is 1. The van der Waals surface area contributed by atoms with E-state index in [0.29, 0.717) is 6.04 Å². The first-order valence-corrected chi connectivity index (χ1v) is 6.22. The summed E-state index contributed by atoms with van der Waals surface area (Å²) in [4.78, 5) is 2.50. The van der Waals surface area contributed by atoms with Crippen molar-refractivity contribution in [2.45, 2.75) is 19.4 Å². The van der Waals surface area contributed by atoms with Gasteiger partial charge < -0.3 is 10.2 Å². The van der Waals surface area contributed by atoms with Crippen LogP contribution in [0.4, 0.5) is 0 Å². The molecule has 16 heavy (non-hydrogen) atoms. The summed E-state index contributed by atoms with van der Waals surface area (Å²) in [6.45, 7) is 5.80. The van der Waals surface area contributed by atoms with E-state index in [9.17, 15) is 0 Å². The molecule has 1 aliphatic rings. The Morgan fingerprint density at radius 2 is 2.00 bits per heavy atom. The zero-order valence-electron chi connectivity index (χ0n) is 10.3. The average molecular weight is 218 g/mol. The summed E-state index contributed by atoms with van der Waals surface area (Å²) < 4.78 is 0. The van der Waals surface area contributed by atoms with Crippen molar-refractivity contribution >= 4 is 0 Å². The van der Waals surface area contributed by atoms with Crippen molar-refractivity contribution < 1.29 is 0 Å². The van der Waals surface area contributed by atoms with E-state index in [1.807, 2.05) is 0 Å². The van der Waals surface area contributed by atoms with Crippen molar-refractivity contribution in [3.8, 4) is 0 Å². The van der Waals surface area contributed by atoms with Crippen LogP contribution in [0.3, 0.4) is 0 Å². The maximum atomic E-state index is 3.46. The number of nitrogens with zero attached hydrogens (tertiary/aromatic N) is 1. The highest BCUT2D eigenvalue weighted by atomic mass is 15.2. The van der Waals surface area contributed by atoms with Crippen LogP contribution < -0.4 is 5.32 Å². The topological polar surface area (TPSA) is 15.3 Å². The molecule has 2 atom stereocenters. The number of benzene rings is 1. The van der Waals surface area contributed by atoms with Gasteiger partial charge in [-0.15, -0.1) is 0 Å². The summed E-state index contributed by atoms with van der Waals surface area (Å²) in [5.41, 5.74) is 1.44. The van der Waals surface area contributed by atoms with E-state index >= 15 is 0 Å². The lowest BCUT2D eigenvalue weighted by Gasteiger charge is -2.26. The first-order chi connectivity index (χ1) is 7.77. The van der Waals surface area contributed by atoms with Crippen LogP contribution in [0.15, 0.2) is 30.3 Å². The molecule has 0 aromatic heterocycles. The molecule has 1 aromatic rings. The third-order valence-electron chi connectivity index (χ3n) is 3.64. The number of rotatable bonds is 4. The van der Waals surface area contributed by atoms with Gasteiger partial charge in [0.1, 0.15) is 0 Å². The molecule has 0 bridgehead atoms. The molecule has 0 aliphatic carbocycles. The summed E-state index contributed by atoms with van der Waals surface area (Å²) in [5, 5.41) is 3.46. The van der Waals surface area contributed by atoms with Gasteiger partial charge in [0, 0.05) is 19.1 Å². The van der Waals surface area contributed by atoms with Crippen LogP contribution in [0.5, 0.6) is 0 Å². The van der Waals surface area contributed by atoms with Crippen molar-refractivity contribution in [3.63, 3.8) is 0 Å². The highest BCUT2D eigenvalue weighted by Gasteiger charge is 2.25. The molecule has 0 radical (unpaired) electrons. The summed E-state index contributed by atoms with van der Waals surface area (Å²) in [6.07, 6.45) is 1.15. The standard InChI is InChI=1S/C14H22N2/c1-12-10-15-11-14(12)16(2)9-8-13-6-4-3-5-7-13/h3-7,12,14-15H,8-11H2,1-2H3. The molecular weight excluding hydrogens is 196 g/mol. The van der Waals surface area contributed by atoms with Crippen LogP contribution in [0.1, 0.15) is 12.5 Å². The third kappa shape index (κ3) is 2.83. The molecular formula is C14H22N2. The van der Waals surface area contributed by atoms with E-state index in [0.717, 1.165) is 25.4 Å². The second kappa shape index (κ2) is 5.46. The zero-order chi connectivity index (χ0) is 11.4. The van der Waals surface area contributed by atoms with Crippen molar-refractivity contribution in [3.05, 3.63) is 35.9 Å². The van der Waals surface area contributed by atoms with Crippen LogP contribution in [0, 0.1) is 5.92 Å². The van der Waals surface area contributed by atoms with Gasteiger partial charge >= 0.3 is 0 Å². The van der Waals surface area contributed by atoms with Gasteiger partial charge in [-0.2, -0.15) is 0 Å². The molecule has 1 heterocycles. The minimum absolute atomic E-state index is 0.712. The molecule has 1 fully saturated rings. The van der Waals surface area contributed by atoms with Crippen LogP contribution in [0.2, 0.25) is 0 Å². The summed E-state index contributed by atoms with van der Waals surface area (Å²) in [6, 6.07) is 11.5. The Bertz CT molecular complexity index is 310. The zero-order valence-corrected chi connectivity index (χ0v) is 10.3. The van der Waals surface area contributed by atoms with Gasteiger partial charge in [0.25, 0.3) is 0 Å². The van der Waals surface area contributed by atoms with E-state index in [4.69, 9.17) is 0 Å². The lowest BCUT2D eigenvalue weighted by atomic mass is 10.0. The maximum absolute atomic E-state index is 3.46. The molecule has 2 unspecified atom stereocenters. The first-order valence-electron chi connectivity index (χ1n) is 6.22. The Hall–Kier alpha value is -0.860. The van der Waals surface area contributed by atoms with E-state index in [1.165, 1.54) is 12.1 Å². The molecule has 2 nitrogen and oxygen atoms in total. The Kier molecular flexibility index (Phi) is 3.97. The van der Waals surface area contributed by atoms with E-state index in [1.54, 1.807) is 0 Å².